The molecule has 23 heavy (non-hydrogen) atoms. The van der Waals surface area contributed by atoms with Crippen LogP contribution in [0.1, 0.15) is 12.5 Å². The van der Waals surface area contributed by atoms with Gasteiger partial charge >= 0.3 is 6.03 Å². The fourth-order valence-corrected chi connectivity index (χ4v) is 3.12. The van der Waals surface area contributed by atoms with Crippen molar-refractivity contribution in [3.8, 4) is 11.5 Å². The molecule has 1 aromatic rings. The number of nitrogens with one attached hydrogen (secondary N) is 1. The van der Waals surface area contributed by atoms with Crippen LogP contribution in [-0.4, -0.2) is 68.3 Å². The van der Waals surface area contributed by atoms with E-state index in [-0.39, 0.29) is 12.1 Å². The van der Waals surface area contributed by atoms with Crippen molar-refractivity contribution in [1.82, 2.24) is 15.1 Å². The number of carbonyl (C=O) groups is 1. The van der Waals surface area contributed by atoms with Crippen LogP contribution in [0.2, 0.25) is 0 Å². The average Bonchev–Trinajstić information content (AvgIpc) is 2.61. The molecule has 0 spiro atoms. The molecule has 6 heteroatoms. The first kappa shape index (κ1) is 15.9. The number of carbonyl (C=O) groups excluding carboxylic acids is 1. The molecule has 2 amide bonds. The number of hydrogen-bond donors (Lipinski definition) is 1. The zero-order chi connectivity index (χ0) is 16.2. The number of ether oxygens (including phenoxy) is 2. The Morgan fingerprint density at radius 2 is 2.13 bits per heavy atom. The lowest BCUT2D eigenvalue weighted by atomic mass is 10.0. The summed E-state index contributed by atoms with van der Waals surface area (Å²) < 4.78 is 11.0. The Labute approximate surface area is 137 Å². The summed E-state index contributed by atoms with van der Waals surface area (Å²) in [5, 5.41) is 3.10. The number of amides is 2. The van der Waals surface area contributed by atoms with E-state index in [1.165, 1.54) is 0 Å². The lowest BCUT2D eigenvalue weighted by Crippen LogP contribution is -2.54. The summed E-state index contributed by atoms with van der Waals surface area (Å²) in [6, 6.07) is 5.82. The molecule has 1 aromatic carbocycles. The number of fused-ring (bicyclic) bond motifs is 1. The van der Waals surface area contributed by atoms with Gasteiger partial charge in [0.1, 0.15) is 18.1 Å². The maximum Gasteiger partial charge on any atom is 0.317 e. The van der Waals surface area contributed by atoms with E-state index in [1.54, 1.807) is 7.11 Å². The molecule has 1 fully saturated rings. The SMILES string of the molecule is CCN1CCN(C(=O)N[C@@H]2COc3ccc(OC)cc3C2)CC1. The Kier molecular flexibility index (Phi) is 4.91. The first-order valence-electron chi connectivity index (χ1n) is 8.27. The van der Waals surface area contributed by atoms with Crippen molar-refractivity contribution in [3.63, 3.8) is 0 Å². The molecule has 3 rings (SSSR count). The van der Waals surface area contributed by atoms with Crippen molar-refractivity contribution in [2.24, 2.45) is 0 Å². The first-order chi connectivity index (χ1) is 11.2. The molecule has 0 unspecified atom stereocenters. The van der Waals surface area contributed by atoms with Crippen LogP contribution in [0.25, 0.3) is 0 Å². The summed E-state index contributed by atoms with van der Waals surface area (Å²) in [7, 11) is 1.65. The number of rotatable bonds is 3. The van der Waals surface area contributed by atoms with E-state index in [4.69, 9.17) is 9.47 Å². The molecule has 2 heterocycles. The van der Waals surface area contributed by atoms with Gasteiger partial charge in [-0.15, -0.1) is 0 Å². The summed E-state index contributed by atoms with van der Waals surface area (Å²) in [5.41, 5.74) is 1.08. The predicted octanol–water partition coefficient (Wildman–Crippen LogP) is 1.35. The molecule has 0 radical (unpaired) electrons. The summed E-state index contributed by atoms with van der Waals surface area (Å²) in [6.07, 6.45) is 0.771. The molecular formula is C17H25N3O3. The van der Waals surface area contributed by atoms with E-state index >= 15 is 0 Å². The van der Waals surface area contributed by atoms with Gasteiger partial charge in [-0.05, 0) is 36.7 Å². The van der Waals surface area contributed by atoms with Gasteiger partial charge in [0.25, 0.3) is 0 Å². The van der Waals surface area contributed by atoms with E-state index in [9.17, 15) is 4.79 Å². The van der Waals surface area contributed by atoms with Crippen LogP contribution in [0.4, 0.5) is 4.79 Å². The lowest BCUT2D eigenvalue weighted by molar-refractivity contribution is 0.136. The highest BCUT2D eigenvalue weighted by molar-refractivity contribution is 5.74. The van der Waals surface area contributed by atoms with Gasteiger partial charge in [0.15, 0.2) is 0 Å². The van der Waals surface area contributed by atoms with Crippen molar-refractivity contribution in [3.05, 3.63) is 23.8 Å². The van der Waals surface area contributed by atoms with E-state index in [0.717, 1.165) is 56.2 Å². The molecule has 6 nitrogen and oxygen atoms in total. The molecule has 126 valence electrons. The Morgan fingerprint density at radius 1 is 1.35 bits per heavy atom. The fraction of sp³-hybridized carbons (Fsp3) is 0.588. The van der Waals surface area contributed by atoms with Crippen LogP contribution < -0.4 is 14.8 Å². The predicted molar refractivity (Wildman–Crippen MR) is 88.2 cm³/mol. The van der Waals surface area contributed by atoms with Crippen LogP contribution in [0.3, 0.4) is 0 Å². The molecule has 1 atom stereocenters. The Morgan fingerprint density at radius 3 is 2.83 bits per heavy atom. The molecular weight excluding hydrogens is 294 g/mol. The minimum absolute atomic E-state index is 0.00584. The largest absolute Gasteiger partial charge is 0.497 e. The second-order valence-corrected chi connectivity index (χ2v) is 6.06. The van der Waals surface area contributed by atoms with E-state index in [0.29, 0.717) is 6.61 Å². The van der Waals surface area contributed by atoms with Crippen molar-refractivity contribution in [1.29, 1.82) is 0 Å². The zero-order valence-corrected chi connectivity index (χ0v) is 13.9. The number of likely N-dealkylation sites (N-methyl/N-ethyl adjacent to an activating group) is 1. The lowest BCUT2D eigenvalue weighted by Gasteiger charge is -2.35. The van der Waals surface area contributed by atoms with Crippen molar-refractivity contribution < 1.29 is 14.3 Å². The highest BCUT2D eigenvalue weighted by Crippen LogP contribution is 2.28. The van der Waals surface area contributed by atoms with Gasteiger partial charge in [0.05, 0.1) is 13.2 Å². The molecule has 2 aliphatic rings. The van der Waals surface area contributed by atoms with Crippen LogP contribution in [0.15, 0.2) is 18.2 Å². The minimum Gasteiger partial charge on any atom is -0.497 e. The number of urea groups is 1. The molecule has 0 saturated carbocycles. The summed E-state index contributed by atoms with van der Waals surface area (Å²) >= 11 is 0. The van der Waals surface area contributed by atoms with Gasteiger partial charge < -0.3 is 24.6 Å². The molecule has 1 saturated heterocycles. The van der Waals surface area contributed by atoms with Gasteiger partial charge in [-0.2, -0.15) is 0 Å². The molecule has 0 aromatic heterocycles. The van der Waals surface area contributed by atoms with Crippen LogP contribution in [0.5, 0.6) is 11.5 Å². The number of nitrogens with zero attached hydrogens (tertiary/aromatic N) is 2. The zero-order valence-electron chi connectivity index (χ0n) is 13.9. The number of methoxy groups -OCH3 is 1. The van der Waals surface area contributed by atoms with E-state index in [2.05, 4.69) is 17.1 Å². The standard InChI is InChI=1S/C17H25N3O3/c1-3-19-6-8-20(9-7-19)17(21)18-14-10-13-11-15(22-2)4-5-16(13)23-12-14/h4-5,11,14H,3,6-10,12H2,1-2H3,(H,18,21)/t14-/m0/s1. The highest BCUT2D eigenvalue weighted by atomic mass is 16.5. The van der Waals surface area contributed by atoms with Gasteiger partial charge in [-0.25, -0.2) is 4.79 Å². The normalized spacial score (nSPS) is 21.3. The van der Waals surface area contributed by atoms with Crippen molar-refractivity contribution in [2.75, 3.05) is 46.4 Å². The minimum atomic E-state index is 0.00584. The average molecular weight is 319 g/mol. The summed E-state index contributed by atoms with van der Waals surface area (Å²) in [6.45, 7) is 7.19. The Balaban J connectivity index is 1.55. The fourth-order valence-electron chi connectivity index (χ4n) is 3.12. The maximum absolute atomic E-state index is 12.4. The number of hydrogen-bond acceptors (Lipinski definition) is 4. The topological polar surface area (TPSA) is 54.0 Å². The van der Waals surface area contributed by atoms with Crippen LogP contribution in [0, 0.1) is 0 Å². The van der Waals surface area contributed by atoms with Gasteiger partial charge in [-0.1, -0.05) is 6.92 Å². The van der Waals surface area contributed by atoms with Crippen molar-refractivity contribution in [2.45, 2.75) is 19.4 Å². The van der Waals surface area contributed by atoms with Gasteiger partial charge in [-0.3, -0.25) is 0 Å². The van der Waals surface area contributed by atoms with E-state index in [1.807, 2.05) is 23.1 Å². The van der Waals surface area contributed by atoms with Crippen molar-refractivity contribution >= 4 is 6.03 Å². The number of benzene rings is 1. The summed E-state index contributed by atoms with van der Waals surface area (Å²) in [4.78, 5) is 16.7. The molecule has 0 bridgehead atoms. The number of piperazine rings is 1. The molecule has 0 aliphatic carbocycles. The van der Waals surface area contributed by atoms with Gasteiger partial charge in [0, 0.05) is 26.2 Å². The van der Waals surface area contributed by atoms with Gasteiger partial charge in [0.2, 0.25) is 0 Å². The molecule has 1 N–H and O–H groups in total. The monoisotopic (exact) mass is 319 g/mol. The second-order valence-electron chi connectivity index (χ2n) is 6.06. The molecule has 2 aliphatic heterocycles. The van der Waals surface area contributed by atoms with E-state index < -0.39 is 0 Å². The Hall–Kier alpha value is -1.95. The quantitative estimate of drug-likeness (QED) is 0.914. The first-order valence-corrected chi connectivity index (χ1v) is 8.27. The maximum atomic E-state index is 12.4. The summed E-state index contributed by atoms with van der Waals surface area (Å²) in [5.74, 6) is 1.70. The second kappa shape index (κ2) is 7.08. The third kappa shape index (κ3) is 3.69. The highest BCUT2D eigenvalue weighted by Gasteiger charge is 2.25. The smallest absolute Gasteiger partial charge is 0.317 e. The third-order valence-electron chi connectivity index (χ3n) is 4.61. The third-order valence-corrected chi connectivity index (χ3v) is 4.61. The van der Waals surface area contributed by atoms with Crippen LogP contribution in [-0.2, 0) is 6.42 Å². The van der Waals surface area contributed by atoms with Crippen LogP contribution >= 0.6 is 0 Å². The Bertz CT molecular complexity index is 556.